The number of nitrogens with one attached hydrogen (secondary N) is 1. The highest BCUT2D eigenvalue weighted by Crippen LogP contribution is 2.54. The van der Waals surface area contributed by atoms with Crippen LogP contribution < -0.4 is 10.1 Å². The van der Waals surface area contributed by atoms with Crippen LogP contribution in [0.5, 0.6) is 5.75 Å². The molecular formula is C22H27N3O4. The van der Waals surface area contributed by atoms with Gasteiger partial charge in [-0.05, 0) is 62.5 Å². The number of carbonyl (C=O) groups excluding carboxylic acids is 3. The molecule has 1 N–H and O–H groups in total. The lowest BCUT2D eigenvalue weighted by molar-refractivity contribution is -0.136. The molecule has 0 bridgehead atoms. The molecule has 5 rings (SSSR count). The molecule has 0 radical (unpaired) electrons. The number of carbonyl (C=O) groups is 3. The Kier molecular flexibility index (Phi) is 4.38. The smallest absolute Gasteiger partial charge is 0.255 e. The van der Waals surface area contributed by atoms with Gasteiger partial charge >= 0.3 is 0 Å². The zero-order valence-corrected chi connectivity index (χ0v) is 16.8. The zero-order valence-electron chi connectivity index (χ0n) is 16.8. The molecular weight excluding hydrogens is 370 g/mol. The summed E-state index contributed by atoms with van der Waals surface area (Å²) in [6, 6.07) is 5.08. The van der Waals surface area contributed by atoms with E-state index >= 15 is 0 Å². The van der Waals surface area contributed by atoms with E-state index in [-0.39, 0.29) is 30.2 Å². The highest BCUT2D eigenvalue weighted by molar-refractivity contribution is 6.05. The lowest BCUT2D eigenvalue weighted by atomic mass is 9.90. The van der Waals surface area contributed by atoms with Crippen molar-refractivity contribution < 1.29 is 19.1 Å². The second-order valence-corrected chi connectivity index (χ2v) is 8.83. The molecule has 154 valence electrons. The summed E-state index contributed by atoms with van der Waals surface area (Å²) in [6.07, 6.45) is 4.51. The van der Waals surface area contributed by atoms with Crippen LogP contribution in [0.2, 0.25) is 0 Å². The second-order valence-electron chi connectivity index (χ2n) is 8.83. The van der Waals surface area contributed by atoms with Crippen LogP contribution >= 0.6 is 0 Å². The van der Waals surface area contributed by atoms with Gasteiger partial charge < -0.3 is 9.64 Å². The fraction of sp³-hybridized carbons (Fsp3) is 0.591. The maximum absolute atomic E-state index is 12.8. The number of hydrogen-bond donors (Lipinski definition) is 1. The summed E-state index contributed by atoms with van der Waals surface area (Å²) in [6.45, 7) is 5.71. The Balaban J connectivity index is 1.32. The van der Waals surface area contributed by atoms with E-state index < -0.39 is 6.04 Å². The minimum absolute atomic E-state index is 0.144. The normalized spacial score (nSPS) is 28.4. The van der Waals surface area contributed by atoms with Gasteiger partial charge in [0.15, 0.2) is 0 Å². The number of hydrogen-bond acceptors (Lipinski definition) is 5. The maximum atomic E-state index is 12.8. The molecule has 1 aromatic carbocycles. The van der Waals surface area contributed by atoms with Crippen LogP contribution in [0.4, 0.5) is 0 Å². The van der Waals surface area contributed by atoms with E-state index in [0.717, 1.165) is 30.9 Å². The highest BCUT2D eigenvalue weighted by atomic mass is 16.5. The topological polar surface area (TPSA) is 79.0 Å². The number of amides is 3. The molecule has 1 aliphatic carbocycles. The summed E-state index contributed by atoms with van der Waals surface area (Å²) in [5, 5.41) is 2.34. The number of rotatable bonds is 4. The molecule has 3 amide bonds. The summed E-state index contributed by atoms with van der Waals surface area (Å²) in [7, 11) is 0. The molecule has 2 atom stereocenters. The molecule has 0 aromatic heterocycles. The van der Waals surface area contributed by atoms with Crippen LogP contribution in [0.15, 0.2) is 18.2 Å². The third-order valence-electron chi connectivity index (χ3n) is 7.15. The van der Waals surface area contributed by atoms with Crippen molar-refractivity contribution in [2.45, 2.75) is 57.7 Å². The van der Waals surface area contributed by atoms with Crippen molar-refractivity contribution in [3.8, 4) is 5.75 Å². The Hall–Kier alpha value is -2.41. The molecule has 3 fully saturated rings. The zero-order chi connectivity index (χ0) is 20.2. The average molecular weight is 397 g/mol. The number of benzene rings is 1. The predicted octanol–water partition coefficient (Wildman–Crippen LogP) is 1.70. The van der Waals surface area contributed by atoms with Crippen molar-refractivity contribution in [3.05, 3.63) is 29.3 Å². The Morgan fingerprint density at radius 2 is 2.03 bits per heavy atom. The summed E-state index contributed by atoms with van der Waals surface area (Å²) in [5.41, 5.74) is 1.85. The maximum Gasteiger partial charge on any atom is 0.255 e. The molecule has 4 aliphatic rings. The van der Waals surface area contributed by atoms with Crippen molar-refractivity contribution in [2.75, 3.05) is 19.6 Å². The van der Waals surface area contributed by atoms with E-state index in [0.29, 0.717) is 23.9 Å². The Morgan fingerprint density at radius 3 is 2.76 bits per heavy atom. The van der Waals surface area contributed by atoms with Crippen LogP contribution in [0.25, 0.3) is 0 Å². The van der Waals surface area contributed by atoms with Gasteiger partial charge in [-0.1, -0.05) is 6.92 Å². The molecule has 7 nitrogen and oxygen atoms in total. The van der Waals surface area contributed by atoms with Gasteiger partial charge in [0.1, 0.15) is 17.9 Å². The number of likely N-dealkylation sites (N-methyl/N-ethyl adjacent to an activating group) is 1. The van der Waals surface area contributed by atoms with Gasteiger partial charge in [0.25, 0.3) is 5.91 Å². The third-order valence-corrected chi connectivity index (χ3v) is 7.15. The van der Waals surface area contributed by atoms with Crippen molar-refractivity contribution in [1.82, 2.24) is 15.1 Å². The van der Waals surface area contributed by atoms with Crippen molar-refractivity contribution >= 4 is 17.7 Å². The molecule has 1 spiro atoms. The van der Waals surface area contributed by atoms with Crippen molar-refractivity contribution in [3.63, 3.8) is 0 Å². The van der Waals surface area contributed by atoms with Gasteiger partial charge in [-0.25, -0.2) is 0 Å². The first-order chi connectivity index (χ1) is 14.0. The van der Waals surface area contributed by atoms with E-state index in [9.17, 15) is 14.4 Å². The number of piperidine rings is 2. The summed E-state index contributed by atoms with van der Waals surface area (Å²) < 4.78 is 6.45. The molecule has 1 aromatic rings. The minimum atomic E-state index is -0.580. The Morgan fingerprint density at radius 1 is 1.21 bits per heavy atom. The summed E-state index contributed by atoms with van der Waals surface area (Å²) in [5.74, 6) is 0.00978. The first-order valence-corrected chi connectivity index (χ1v) is 10.7. The van der Waals surface area contributed by atoms with Crippen LogP contribution in [0, 0.1) is 5.41 Å². The lowest BCUT2D eigenvalue weighted by Gasteiger charge is -2.38. The predicted molar refractivity (Wildman–Crippen MR) is 105 cm³/mol. The van der Waals surface area contributed by atoms with Crippen molar-refractivity contribution in [1.29, 1.82) is 0 Å². The number of fused-ring (bicyclic) bond motifs is 1. The van der Waals surface area contributed by atoms with Gasteiger partial charge in [0, 0.05) is 30.5 Å². The monoisotopic (exact) mass is 397 g/mol. The molecule has 3 heterocycles. The minimum Gasteiger partial charge on any atom is -0.489 e. The number of nitrogens with zero attached hydrogens (tertiary/aromatic N) is 2. The van der Waals surface area contributed by atoms with Gasteiger partial charge in [0.2, 0.25) is 11.8 Å². The molecule has 1 unspecified atom stereocenters. The second kappa shape index (κ2) is 6.83. The van der Waals surface area contributed by atoms with Crippen molar-refractivity contribution in [2.24, 2.45) is 5.41 Å². The van der Waals surface area contributed by atoms with Gasteiger partial charge in [0.05, 0.1) is 0 Å². The summed E-state index contributed by atoms with van der Waals surface area (Å²) >= 11 is 0. The average Bonchev–Trinajstić information content (AvgIpc) is 3.41. The van der Waals surface area contributed by atoms with Crippen LogP contribution in [-0.2, 0) is 16.1 Å². The first kappa shape index (κ1) is 18.6. The van der Waals surface area contributed by atoms with Crippen LogP contribution in [-0.4, -0.2) is 59.3 Å². The molecule has 3 aliphatic heterocycles. The van der Waals surface area contributed by atoms with Crippen LogP contribution in [0.1, 0.15) is 54.9 Å². The fourth-order valence-electron chi connectivity index (χ4n) is 5.03. The van der Waals surface area contributed by atoms with Gasteiger partial charge in [-0.2, -0.15) is 0 Å². The van der Waals surface area contributed by atoms with Gasteiger partial charge in [-0.3, -0.25) is 24.6 Å². The van der Waals surface area contributed by atoms with Gasteiger partial charge in [-0.15, -0.1) is 0 Å². The first-order valence-electron chi connectivity index (χ1n) is 10.7. The quantitative estimate of drug-likeness (QED) is 0.783. The Labute approximate surface area is 170 Å². The lowest BCUT2D eigenvalue weighted by Crippen LogP contribution is -2.52. The van der Waals surface area contributed by atoms with E-state index in [4.69, 9.17) is 4.74 Å². The standard InChI is InChI=1S/C22H27N3O4/c1-2-24-10-9-22(7-8-22)18(13-24)29-15-3-4-16-14(11-15)12-25(21(16)28)17-5-6-19(26)23-20(17)27/h3-4,11,17-18H,2,5-10,12-13H2,1H3,(H,23,26,27)/t17?,18-/m0/s1. The van der Waals surface area contributed by atoms with E-state index in [2.05, 4.69) is 17.1 Å². The van der Waals surface area contributed by atoms with E-state index in [1.807, 2.05) is 18.2 Å². The van der Waals surface area contributed by atoms with E-state index in [1.165, 1.54) is 19.3 Å². The number of imide groups is 1. The van der Waals surface area contributed by atoms with Crippen LogP contribution in [0.3, 0.4) is 0 Å². The number of likely N-dealkylation sites (tertiary alicyclic amines) is 1. The van der Waals surface area contributed by atoms with E-state index in [1.54, 1.807) is 4.90 Å². The molecule has 1 saturated carbocycles. The third kappa shape index (κ3) is 3.21. The number of ether oxygens (including phenoxy) is 1. The summed E-state index contributed by atoms with van der Waals surface area (Å²) in [4.78, 5) is 40.5. The fourth-order valence-corrected chi connectivity index (χ4v) is 5.03. The SMILES string of the molecule is CCN1CCC2(CC2)[C@@H](Oc2ccc3c(c2)CN(C2CCC(=O)NC2=O)C3=O)C1. The molecule has 29 heavy (non-hydrogen) atoms. The largest absolute Gasteiger partial charge is 0.489 e. The molecule has 2 saturated heterocycles. The Bertz CT molecular complexity index is 879. The molecule has 7 heteroatoms. The highest BCUT2D eigenvalue weighted by Gasteiger charge is 2.53.